The Hall–Kier alpha value is -2.04. The van der Waals surface area contributed by atoms with Crippen LogP contribution >= 0.6 is 0 Å². The van der Waals surface area contributed by atoms with E-state index in [4.69, 9.17) is 0 Å². The van der Waals surface area contributed by atoms with E-state index in [0.717, 1.165) is 5.56 Å². The van der Waals surface area contributed by atoms with E-state index in [1.165, 1.54) is 6.07 Å². The third-order valence-electron chi connectivity index (χ3n) is 3.80. The van der Waals surface area contributed by atoms with Crippen molar-refractivity contribution in [2.45, 2.75) is 47.6 Å². The van der Waals surface area contributed by atoms with Crippen LogP contribution in [-0.4, -0.2) is 23.1 Å². The number of anilines is 1. The molecule has 0 fully saturated rings. The number of aryl methyl sites for hydroxylation is 1. The average molecular weight is 292 g/mol. The fourth-order valence-electron chi connectivity index (χ4n) is 1.73. The summed E-state index contributed by atoms with van der Waals surface area (Å²) < 4.78 is 0. The third kappa shape index (κ3) is 4.48. The van der Waals surface area contributed by atoms with Crippen LogP contribution in [0.4, 0.5) is 10.5 Å². The van der Waals surface area contributed by atoms with Crippen molar-refractivity contribution in [3.63, 3.8) is 0 Å². The van der Waals surface area contributed by atoms with Gasteiger partial charge in [-0.15, -0.1) is 0 Å². The molecule has 0 aliphatic rings. The maximum Gasteiger partial charge on any atom is 0.336 e. The Morgan fingerprint density at radius 1 is 1.19 bits per heavy atom. The molecule has 0 saturated heterocycles. The Labute approximate surface area is 125 Å². The van der Waals surface area contributed by atoms with Gasteiger partial charge in [0, 0.05) is 11.7 Å². The van der Waals surface area contributed by atoms with E-state index in [9.17, 15) is 14.7 Å². The molecular weight excluding hydrogens is 268 g/mol. The number of hydrogen-bond acceptors (Lipinski definition) is 2. The van der Waals surface area contributed by atoms with Gasteiger partial charge in [0.25, 0.3) is 0 Å². The molecule has 5 heteroatoms. The van der Waals surface area contributed by atoms with E-state index >= 15 is 0 Å². The lowest BCUT2D eigenvalue weighted by Crippen LogP contribution is -2.43. The van der Waals surface area contributed by atoms with Crippen molar-refractivity contribution in [1.29, 1.82) is 0 Å². The number of urea groups is 1. The zero-order valence-electron chi connectivity index (χ0n) is 13.5. The first-order valence-corrected chi connectivity index (χ1v) is 6.94. The van der Waals surface area contributed by atoms with Crippen LogP contribution in [0.2, 0.25) is 0 Å². The Morgan fingerprint density at radius 3 is 2.24 bits per heavy atom. The summed E-state index contributed by atoms with van der Waals surface area (Å²) in [5.41, 5.74) is 2.17. The molecule has 1 rings (SSSR count). The van der Waals surface area contributed by atoms with Gasteiger partial charge < -0.3 is 15.7 Å². The zero-order valence-corrected chi connectivity index (χ0v) is 13.5. The van der Waals surface area contributed by atoms with E-state index in [-0.39, 0.29) is 23.1 Å². The molecule has 0 spiro atoms. The summed E-state index contributed by atoms with van der Waals surface area (Å²) in [6.07, 6.45) is 0. The Morgan fingerprint density at radius 2 is 1.76 bits per heavy atom. The van der Waals surface area contributed by atoms with Gasteiger partial charge in [0.1, 0.15) is 0 Å². The number of benzene rings is 1. The van der Waals surface area contributed by atoms with E-state index in [2.05, 4.69) is 10.6 Å². The van der Waals surface area contributed by atoms with E-state index < -0.39 is 5.97 Å². The van der Waals surface area contributed by atoms with Crippen molar-refractivity contribution in [2.75, 3.05) is 5.32 Å². The standard InChI is InChI=1S/C16H24N2O3/c1-9-7-12(8-13(10(9)2)14(19)20)18-15(21)17-11(3)16(4,5)6/h7-8,11H,1-6H3,(H,19,20)(H2,17,18,21). The van der Waals surface area contributed by atoms with Crippen LogP contribution in [0.5, 0.6) is 0 Å². The van der Waals surface area contributed by atoms with Gasteiger partial charge >= 0.3 is 12.0 Å². The summed E-state index contributed by atoms with van der Waals surface area (Å²) in [6, 6.07) is 2.90. The number of aromatic carboxylic acids is 1. The van der Waals surface area contributed by atoms with E-state index in [1.54, 1.807) is 13.0 Å². The summed E-state index contributed by atoms with van der Waals surface area (Å²) in [4.78, 5) is 23.2. The molecule has 5 nitrogen and oxygen atoms in total. The molecule has 21 heavy (non-hydrogen) atoms. The molecule has 2 amide bonds. The SMILES string of the molecule is Cc1cc(NC(=O)NC(C)C(C)(C)C)cc(C(=O)O)c1C. The van der Waals surface area contributed by atoms with Crippen LogP contribution in [0.25, 0.3) is 0 Å². The topological polar surface area (TPSA) is 78.4 Å². The average Bonchev–Trinajstić information content (AvgIpc) is 2.31. The zero-order chi connectivity index (χ0) is 16.4. The summed E-state index contributed by atoms with van der Waals surface area (Å²) in [5, 5.41) is 14.7. The van der Waals surface area contributed by atoms with Crippen LogP contribution in [0, 0.1) is 19.3 Å². The molecule has 1 aromatic carbocycles. The van der Waals surface area contributed by atoms with Gasteiger partial charge in [-0.05, 0) is 49.4 Å². The molecule has 116 valence electrons. The van der Waals surface area contributed by atoms with Gasteiger partial charge in [-0.25, -0.2) is 9.59 Å². The van der Waals surface area contributed by atoms with E-state index in [1.807, 2.05) is 34.6 Å². The first-order chi connectivity index (χ1) is 9.52. The minimum atomic E-state index is -0.997. The van der Waals surface area contributed by atoms with Crippen LogP contribution in [0.3, 0.4) is 0 Å². The van der Waals surface area contributed by atoms with Gasteiger partial charge in [0.05, 0.1) is 5.56 Å². The summed E-state index contributed by atoms with van der Waals surface area (Å²) in [5.74, 6) is -0.997. The molecular formula is C16H24N2O3. The monoisotopic (exact) mass is 292 g/mol. The summed E-state index contributed by atoms with van der Waals surface area (Å²) in [6.45, 7) is 11.6. The second-order valence-electron chi connectivity index (χ2n) is 6.46. The smallest absolute Gasteiger partial charge is 0.336 e. The van der Waals surface area contributed by atoms with E-state index in [0.29, 0.717) is 11.3 Å². The molecule has 3 N–H and O–H groups in total. The van der Waals surface area contributed by atoms with Gasteiger partial charge in [-0.3, -0.25) is 0 Å². The van der Waals surface area contributed by atoms with Crippen LogP contribution in [0.1, 0.15) is 49.2 Å². The number of carboxylic acid groups (broad SMARTS) is 1. The lowest BCUT2D eigenvalue weighted by molar-refractivity contribution is 0.0696. The maximum atomic E-state index is 12.0. The molecule has 0 aliphatic heterocycles. The highest BCUT2D eigenvalue weighted by Gasteiger charge is 2.22. The maximum absolute atomic E-state index is 12.0. The molecule has 0 aliphatic carbocycles. The molecule has 0 bridgehead atoms. The summed E-state index contributed by atoms with van der Waals surface area (Å²) in [7, 11) is 0. The number of rotatable bonds is 3. The predicted octanol–water partition coefficient (Wildman–Crippen LogP) is 3.56. The van der Waals surface area contributed by atoms with Crippen molar-refractivity contribution in [1.82, 2.24) is 5.32 Å². The number of amides is 2. The van der Waals surface area contributed by atoms with Crippen molar-refractivity contribution >= 4 is 17.7 Å². The van der Waals surface area contributed by atoms with Crippen molar-refractivity contribution in [2.24, 2.45) is 5.41 Å². The molecule has 0 saturated carbocycles. The van der Waals surface area contributed by atoms with Gasteiger partial charge in [-0.2, -0.15) is 0 Å². The van der Waals surface area contributed by atoms with Crippen molar-refractivity contribution in [3.8, 4) is 0 Å². The summed E-state index contributed by atoms with van der Waals surface area (Å²) >= 11 is 0. The molecule has 0 radical (unpaired) electrons. The Bertz CT molecular complexity index is 559. The second-order valence-corrected chi connectivity index (χ2v) is 6.46. The van der Waals surface area contributed by atoms with Gasteiger partial charge in [0.15, 0.2) is 0 Å². The largest absolute Gasteiger partial charge is 0.478 e. The Kier molecular flexibility index (Phi) is 4.99. The molecule has 1 atom stereocenters. The number of carbonyl (C=O) groups is 2. The first-order valence-electron chi connectivity index (χ1n) is 6.94. The van der Waals surface area contributed by atoms with Crippen molar-refractivity contribution < 1.29 is 14.7 Å². The highest BCUT2D eigenvalue weighted by molar-refractivity contribution is 5.94. The number of carboxylic acids is 1. The van der Waals surface area contributed by atoms with Crippen LogP contribution in [-0.2, 0) is 0 Å². The quantitative estimate of drug-likeness (QED) is 0.797. The lowest BCUT2D eigenvalue weighted by atomic mass is 9.88. The predicted molar refractivity (Wildman–Crippen MR) is 83.9 cm³/mol. The molecule has 0 heterocycles. The molecule has 1 unspecified atom stereocenters. The fourth-order valence-corrected chi connectivity index (χ4v) is 1.73. The number of carbonyl (C=O) groups excluding carboxylic acids is 1. The third-order valence-corrected chi connectivity index (χ3v) is 3.80. The van der Waals surface area contributed by atoms with Crippen LogP contribution < -0.4 is 10.6 Å². The first kappa shape index (κ1) is 17.0. The van der Waals surface area contributed by atoms with Gasteiger partial charge in [0.2, 0.25) is 0 Å². The molecule has 1 aromatic rings. The Balaban J connectivity index is 2.89. The minimum Gasteiger partial charge on any atom is -0.478 e. The normalized spacial score (nSPS) is 12.7. The fraction of sp³-hybridized carbons (Fsp3) is 0.500. The van der Waals surface area contributed by atoms with Crippen molar-refractivity contribution in [3.05, 3.63) is 28.8 Å². The minimum absolute atomic E-state index is 0.0111. The van der Waals surface area contributed by atoms with Crippen LogP contribution in [0.15, 0.2) is 12.1 Å². The second kappa shape index (κ2) is 6.16. The number of nitrogens with one attached hydrogen (secondary N) is 2. The highest BCUT2D eigenvalue weighted by Crippen LogP contribution is 2.21. The molecule has 0 aromatic heterocycles. The number of hydrogen-bond donors (Lipinski definition) is 3. The van der Waals surface area contributed by atoms with Gasteiger partial charge in [-0.1, -0.05) is 20.8 Å². The highest BCUT2D eigenvalue weighted by atomic mass is 16.4. The lowest BCUT2D eigenvalue weighted by Gasteiger charge is -2.28.